The number of aliphatic hydroxyl groups is 1. The molecule has 2 aliphatic rings. The molecule has 0 atom stereocenters. The molecule has 0 radical (unpaired) electrons. The van der Waals surface area contributed by atoms with Crippen LogP contribution in [0.4, 0.5) is 10.2 Å². The maximum absolute atomic E-state index is 13.0. The number of β-amino-alcohol motifs (C(OH)–C–C–N with tert-alkyl or cyclic N) is 1. The maximum Gasteiger partial charge on any atom is 0.135 e. The minimum atomic E-state index is -0.967. The van der Waals surface area contributed by atoms with Crippen molar-refractivity contribution < 1.29 is 9.50 Å². The van der Waals surface area contributed by atoms with Gasteiger partial charge in [0.05, 0.1) is 13.1 Å². The van der Waals surface area contributed by atoms with Gasteiger partial charge in [-0.2, -0.15) is 0 Å². The van der Waals surface area contributed by atoms with Crippen molar-refractivity contribution in [3.05, 3.63) is 52.7 Å². The van der Waals surface area contributed by atoms with Gasteiger partial charge in [-0.1, -0.05) is 23.7 Å². The summed E-state index contributed by atoms with van der Waals surface area (Å²) in [6.07, 6.45) is 2.22. The molecular weight excluding hydrogens is 305 g/mol. The van der Waals surface area contributed by atoms with Gasteiger partial charge in [0.1, 0.15) is 28.2 Å². The van der Waals surface area contributed by atoms with Crippen LogP contribution in [-0.4, -0.2) is 28.2 Å². The number of benzene rings is 1. The molecule has 6 heteroatoms. The lowest BCUT2D eigenvalue weighted by molar-refractivity contribution is 0.00697. The summed E-state index contributed by atoms with van der Waals surface area (Å²) in [5, 5.41) is 11.1. The molecule has 2 heterocycles. The van der Waals surface area contributed by atoms with E-state index in [2.05, 4.69) is 9.97 Å². The molecule has 1 saturated carbocycles. The first-order valence-electron chi connectivity index (χ1n) is 7.31. The third-order valence-corrected chi connectivity index (χ3v) is 4.45. The van der Waals surface area contributed by atoms with Crippen LogP contribution < -0.4 is 4.90 Å². The predicted molar refractivity (Wildman–Crippen MR) is 81.5 cm³/mol. The third-order valence-electron chi connectivity index (χ3n) is 4.25. The van der Waals surface area contributed by atoms with Gasteiger partial charge in [0.2, 0.25) is 0 Å². The monoisotopic (exact) mass is 319 g/mol. The second-order valence-corrected chi connectivity index (χ2v) is 6.46. The van der Waals surface area contributed by atoms with Crippen molar-refractivity contribution in [2.24, 2.45) is 0 Å². The standard InChI is InChI=1S/C16H15ClFN3O/c17-13-7-14(20-15(19-13)10-1-2-10)21-8-16(22,9-21)11-3-5-12(18)6-4-11/h3-7,10,22H,1-2,8-9H2. The van der Waals surface area contributed by atoms with Crippen molar-refractivity contribution in [2.45, 2.75) is 24.4 Å². The molecule has 1 aromatic carbocycles. The number of anilines is 1. The lowest BCUT2D eigenvalue weighted by atomic mass is 9.86. The predicted octanol–water partition coefficient (Wildman–Crippen LogP) is 2.85. The Balaban J connectivity index is 1.54. The Morgan fingerprint density at radius 3 is 2.50 bits per heavy atom. The first-order chi connectivity index (χ1) is 10.5. The maximum atomic E-state index is 13.0. The topological polar surface area (TPSA) is 49.2 Å². The quantitative estimate of drug-likeness (QED) is 0.884. The number of nitrogens with zero attached hydrogens (tertiary/aromatic N) is 3. The number of halogens is 2. The normalized spacial score (nSPS) is 19.9. The summed E-state index contributed by atoms with van der Waals surface area (Å²) in [6.45, 7) is 0.826. The Kier molecular flexibility index (Phi) is 3.09. The van der Waals surface area contributed by atoms with Gasteiger partial charge in [0.15, 0.2) is 0 Å². The van der Waals surface area contributed by atoms with Gasteiger partial charge in [-0.15, -0.1) is 0 Å². The van der Waals surface area contributed by atoms with Gasteiger partial charge >= 0.3 is 0 Å². The van der Waals surface area contributed by atoms with E-state index < -0.39 is 5.60 Å². The van der Waals surface area contributed by atoms with E-state index in [1.54, 1.807) is 18.2 Å². The first-order valence-corrected chi connectivity index (χ1v) is 7.69. The molecule has 0 amide bonds. The lowest BCUT2D eigenvalue weighted by Crippen LogP contribution is -2.59. The molecule has 0 spiro atoms. The fraction of sp³-hybridized carbons (Fsp3) is 0.375. The van der Waals surface area contributed by atoms with Crippen LogP contribution in [0.1, 0.15) is 30.1 Å². The summed E-state index contributed by atoms with van der Waals surface area (Å²) in [6, 6.07) is 7.69. The molecule has 2 aromatic rings. The molecule has 4 rings (SSSR count). The number of hydrogen-bond acceptors (Lipinski definition) is 4. The number of hydrogen-bond donors (Lipinski definition) is 1. The minimum Gasteiger partial charge on any atom is -0.381 e. The minimum absolute atomic E-state index is 0.305. The second-order valence-electron chi connectivity index (χ2n) is 6.08. The van der Waals surface area contributed by atoms with Crippen LogP contribution in [-0.2, 0) is 5.60 Å². The zero-order valence-electron chi connectivity index (χ0n) is 11.8. The van der Waals surface area contributed by atoms with E-state index in [0.29, 0.717) is 29.7 Å². The van der Waals surface area contributed by atoms with E-state index in [9.17, 15) is 9.50 Å². The Labute approximate surface area is 132 Å². The summed E-state index contributed by atoms with van der Waals surface area (Å²) >= 11 is 6.07. The largest absolute Gasteiger partial charge is 0.381 e. The molecule has 114 valence electrons. The van der Waals surface area contributed by atoms with E-state index in [1.165, 1.54) is 12.1 Å². The molecule has 1 aliphatic carbocycles. The Bertz CT molecular complexity index is 712. The molecule has 1 saturated heterocycles. The smallest absolute Gasteiger partial charge is 0.135 e. The molecule has 4 nitrogen and oxygen atoms in total. The zero-order valence-corrected chi connectivity index (χ0v) is 12.6. The van der Waals surface area contributed by atoms with Crippen LogP contribution in [0.5, 0.6) is 0 Å². The van der Waals surface area contributed by atoms with Crippen molar-refractivity contribution in [3.63, 3.8) is 0 Å². The fourth-order valence-electron chi connectivity index (χ4n) is 2.80. The van der Waals surface area contributed by atoms with Crippen molar-refractivity contribution in [1.29, 1.82) is 0 Å². The molecule has 1 N–H and O–H groups in total. The van der Waals surface area contributed by atoms with Crippen LogP contribution in [0.2, 0.25) is 5.15 Å². The molecular formula is C16H15ClFN3O. The highest BCUT2D eigenvalue weighted by Crippen LogP contribution is 2.40. The van der Waals surface area contributed by atoms with Gasteiger partial charge in [-0.05, 0) is 30.5 Å². The molecule has 1 aliphatic heterocycles. The Hall–Kier alpha value is -1.72. The van der Waals surface area contributed by atoms with Crippen molar-refractivity contribution in [3.8, 4) is 0 Å². The molecule has 0 bridgehead atoms. The van der Waals surface area contributed by atoms with Crippen molar-refractivity contribution in [2.75, 3.05) is 18.0 Å². The van der Waals surface area contributed by atoms with Crippen molar-refractivity contribution in [1.82, 2.24) is 9.97 Å². The second kappa shape index (κ2) is 4.89. The Morgan fingerprint density at radius 1 is 1.18 bits per heavy atom. The molecule has 22 heavy (non-hydrogen) atoms. The summed E-state index contributed by atoms with van der Waals surface area (Å²) in [7, 11) is 0. The SMILES string of the molecule is OC1(c2ccc(F)cc2)CN(c2cc(Cl)nc(C3CC3)n2)C1. The van der Waals surface area contributed by atoms with Gasteiger partial charge in [0.25, 0.3) is 0 Å². The highest BCUT2D eigenvalue weighted by molar-refractivity contribution is 6.29. The summed E-state index contributed by atoms with van der Waals surface area (Å²) in [5.74, 6) is 1.66. The average molecular weight is 320 g/mol. The van der Waals surface area contributed by atoms with Crippen LogP contribution in [0.3, 0.4) is 0 Å². The number of rotatable bonds is 3. The third kappa shape index (κ3) is 2.44. The summed E-state index contributed by atoms with van der Waals surface area (Å²) in [4.78, 5) is 10.8. The Morgan fingerprint density at radius 2 is 1.86 bits per heavy atom. The van der Waals surface area contributed by atoms with Crippen LogP contribution in [0.25, 0.3) is 0 Å². The zero-order chi connectivity index (χ0) is 15.3. The van der Waals surface area contributed by atoms with Gasteiger partial charge in [-0.3, -0.25) is 0 Å². The highest BCUT2D eigenvalue weighted by Gasteiger charge is 2.43. The van der Waals surface area contributed by atoms with E-state index >= 15 is 0 Å². The van der Waals surface area contributed by atoms with Gasteiger partial charge in [-0.25, -0.2) is 14.4 Å². The van der Waals surface area contributed by atoms with E-state index in [1.807, 2.05) is 4.90 Å². The fourth-order valence-corrected chi connectivity index (χ4v) is 2.98. The van der Waals surface area contributed by atoms with E-state index in [0.717, 1.165) is 24.5 Å². The van der Waals surface area contributed by atoms with Crippen LogP contribution in [0, 0.1) is 5.82 Å². The van der Waals surface area contributed by atoms with Crippen LogP contribution >= 0.6 is 11.6 Å². The van der Waals surface area contributed by atoms with Crippen LogP contribution in [0.15, 0.2) is 30.3 Å². The number of aromatic nitrogens is 2. The van der Waals surface area contributed by atoms with E-state index in [4.69, 9.17) is 11.6 Å². The molecule has 2 fully saturated rings. The summed E-state index contributed by atoms with van der Waals surface area (Å²) < 4.78 is 13.0. The van der Waals surface area contributed by atoms with Gasteiger partial charge < -0.3 is 10.0 Å². The highest BCUT2D eigenvalue weighted by atomic mass is 35.5. The molecule has 1 aromatic heterocycles. The van der Waals surface area contributed by atoms with E-state index in [-0.39, 0.29) is 5.82 Å². The summed E-state index contributed by atoms with van der Waals surface area (Å²) in [5.41, 5.74) is -0.252. The first kappa shape index (κ1) is 13.9. The average Bonchev–Trinajstić information content (AvgIpc) is 3.28. The molecule has 0 unspecified atom stereocenters. The van der Waals surface area contributed by atoms with Gasteiger partial charge in [0, 0.05) is 12.0 Å². The van der Waals surface area contributed by atoms with Crippen molar-refractivity contribution >= 4 is 17.4 Å². The lowest BCUT2D eigenvalue weighted by Gasteiger charge is -2.47.